The molecule has 0 bridgehead atoms. The van der Waals surface area contributed by atoms with Crippen LogP contribution in [0.25, 0.3) is 0 Å². The van der Waals surface area contributed by atoms with E-state index in [4.69, 9.17) is 17.0 Å². The summed E-state index contributed by atoms with van der Waals surface area (Å²) in [4.78, 5) is 0. The van der Waals surface area contributed by atoms with Gasteiger partial charge in [0.25, 0.3) is 0 Å². The second-order valence-electron chi connectivity index (χ2n) is 4.25. The maximum Gasteiger partial charge on any atom is 0.198 e. The lowest BCUT2D eigenvalue weighted by atomic mass is 9.82. The van der Waals surface area contributed by atoms with Crippen molar-refractivity contribution in [3.05, 3.63) is 10.1 Å². The summed E-state index contributed by atoms with van der Waals surface area (Å²) < 4.78 is 6.44. The number of allylic oxidation sites excluding steroid dienone is 1. The van der Waals surface area contributed by atoms with Crippen molar-refractivity contribution in [1.29, 1.82) is 0 Å². The maximum absolute atomic E-state index is 5.40. The van der Waals surface area contributed by atoms with Crippen LogP contribution in [0.4, 0.5) is 0 Å². The van der Waals surface area contributed by atoms with E-state index in [1.807, 2.05) is 6.92 Å². The average molecular weight is 305 g/mol. The van der Waals surface area contributed by atoms with Crippen LogP contribution in [0.5, 0.6) is 0 Å². The highest BCUT2D eigenvalue weighted by atomic mass is 79.9. The molecule has 92 valence electrons. The van der Waals surface area contributed by atoms with E-state index < -0.39 is 0 Å². The molecule has 0 radical (unpaired) electrons. The third-order valence-electron chi connectivity index (χ3n) is 3.22. The lowest BCUT2D eigenvalue weighted by Crippen LogP contribution is -2.13. The highest BCUT2D eigenvalue weighted by Crippen LogP contribution is 2.35. The van der Waals surface area contributed by atoms with Crippen LogP contribution in [0.3, 0.4) is 0 Å². The van der Waals surface area contributed by atoms with Crippen molar-refractivity contribution >= 4 is 33.2 Å². The van der Waals surface area contributed by atoms with Crippen LogP contribution in [0, 0.1) is 5.92 Å². The van der Waals surface area contributed by atoms with E-state index in [9.17, 15) is 0 Å². The zero-order chi connectivity index (χ0) is 12.0. The minimum atomic E-state index is 0.630. The van der Waals surface area contributed by atoms with Crippen molar-refractivity contribution in [2.24, 2.45) is 5.92 Å². The van der Waals surface area contributed by atoms with Crippen LogP contribution in [0.2, 0.25) is 0 Å². The molecule has 0 aromatic heterocycles. The molecule has 0 saturated heterocycles. The smallest absolute Gasteiger partial charge is 0.198 e. The second-order valence-corrected chi connectivity index (χ2v) is 5.41. The van der Waals surface area contributed by atoms with Gasteiger partial charge in [-0.15, -0.1) is 0 Å². The molecule has 1 aliphatic rings. The summed E-state index contributed by atoms with van der Waals surface area (Å²) in [6.07, 6.45) is 7.80. The Bertz CT molecular complexity index is 267. The topological polar surface area (TPSA) is 9.23 Å². The van der Waals surface area contributed by atoms with Crippen molar-refractivity contribution in [2.75, 3.05) is 6.61 Å². The lowest BCUT2D eigenvalue weighted by molar-refractivity contribution is 0.337. The molecule has 0 atom stereocenters. The standard InChI is InChI=1S/C13H21BrOS/c1-3-11(10-8-6-5-7-9-10)12(14)13(16)15-4-2/h10H,3-9H2,1-2H3. The second kappa shape index (κ2) is 7.44. The lowest BCUT2D eigenvalue weighted by Gasteiger charge is -2.25. The van der Waals surface area contributed by atoms with Crippen molar-refractivity contribution < 1.29 is 4.74 Å². The third kappa shape index (κ3) is 3.85. The van der Waals surface area contributed by atoms with E-state index in [1.165, 1.54) is 37.7 Å². The zero-order valence-electron chi connectivity index (χ0n) is 10.2. The quantitative estimate of drug-likeness (QED) is 0.534. The van der Waals surface area contributed by atoms with Gasteiger partial charge in [-0.1, -0.05) is 26.2 Å². The SMILES string of the molecule is CCOC(=S)C(Br)=C(CC)C1CCCCC1. The van der Waals surface area contributed by atoms with Gasteiger partial charge in [0.15, 0.2) is 5.05 Å². The van der Waals surface area contributed by atoms with Gasteiger partial charge in [0.1, 0.15) is 0 Å². The minimum Gasteiger partial charge on any atom is -0.483 e. The normalized spacial score (nSPS) is 19.2. The molecule has 3 heteroatoms. The fourth-order valence-corrected chi connectivity index (χ4v) is 3.37. The first kappa shape index (κ1) is 14.2. The Morgan fingerprint density at radius 1 is 1.25 bits per heavy atom. The van der Waals surface area contributed by atoms with E-state index in [0.29, 0.717) is 17.6 Å². The van der Waals surface area contributed by atoms with E-state index in [-0.39, 0.29) is 0 Å². The number of halogens is 1. The Hall–Kier alpha value is 0.110. The molecule has 0 aliphatic heterocycles. The number of ether oxygens (including phenoxy) is 1. The fourth-order valence-electron chi connectivity index (χ4n) is 2.40. The summed E-state index contributed by atoms with van der Waals surface area (Å²) in [5.41, 5.74) is 1.46. The minimum absolute atomic E-state index is 0.630. The molecule has 0 heterocycles. The summed E-state index contributed by atoms with van der Waals surface area (Å²) in [5.74, 6) is 0.714. The molecule has 0 unspecified atom stereocenters. The summed E-state index contributed by atoms with van der Waals surface area (Å²) in [7, 11) is 0. The molecule has 1 saturated carbocycles. The van der Waals surface area contributed by atoms with Crippen LogP contribution < -0.4 is 0 Å². The van der Waals surface area contributed by atoms with Gasteiger partial charge in [0.2, 0.25) is 0 Å². The summed E-state index contributed by atoms with van der Waals surface area (Å²) in [6.45, 7) is 4.83. The number of thiocarbonyl (C=S) groups is 1. The summed E-state index contributed by atoms with van der Waals surface area (Å²) in [5, 5.41) is 0.630. The summed E-state index contributed by atoms with van der Waals surface area (Å²) >= 11 is 8.88. The van der Waals surface area contributed by atoms with E-state index in [1.54, 1.807) is 0 Å². The molecule has 1 aliphatic carbocycles. The molecular weight excluding hydrogens is 284 g/mol. The molecule has 0 amide bonds. The molecule has 1 fully saturated rings. The van der Waals surface area contributed by atoms with Crippen molar-refractivity contribution in [3.63, 3.8) is 0 Å². The molecule has 0 spiro atoms. The molecular formula is C13H21BrOS. The largest absolute Gasteiger partial charge is 0.483 e. The van der Waals surface area contributed by atoms with Crippen LogP contribution >= 0.6 is 28.1 Å². The van der Waals surface area contributed by atoms with E-state index in [0.717, 1.165) is 10.9 Å². The number of hydrogen-bond donors (Lipinski definition) is 0. The Kier molecular flexibility index (Phi) is 6.59. The maximum atomic E-state index is 5.40. The van der Waals surface area contributed by atoms with Gasteiger partial charge in [-0.3, -0.25) is 0 Å². The van der Waals surface area contributed by atoms with Gasteiger partial charge >= 0.3 is 0 Å². The molecule has 1 nitrogen and oxygen atoms in total. The highest BCUT2D eigenvalue weighted by molar-refractivity contribution is 9.12. The average Bonchev–Trinajstić information content (AvgIpc) is 2.31. The van der Waals surface area contributed by atoms with Gasteiger partial charge in [-0.05, 0) is 65.8 Å². The Morgan fingerprint density at radius 3 is 2.38 bits per heavy atom. The Labute approximate surface area is 113 Å². The van der Waals surface area contributed by atoms with E-state index >= 15 is 0 Å². The van der Waals surface area contributed by atoms with E-state index in [2.05, 4.69) is 22.9 Å². The molecule has 1 rings (SSSR count). The highest BCUT2D eigenvalue weighted by Gasteiger charge is 2.20. The first-order valence-corrected chi connectivity index (χ1v) is 7.46. The zero-order valence-corrected chi connectivity index (χ0v) is 12.6. The fraction of sp³-hybridized carbons (Fsp3) is 0.769. The van der Waals surface area contributed by atoms with Crippen LogP contribution in [0.15, 0.2) is 10.1 Å². The van der Waals surface area contributed by atoms with Crippen molar-refractivity contribution in [3.8, 4) is 0 Å². The van der Waals surface area contributed by atoms with Crippen molar-refractivity contribution in [1.82, 2.24) is 0 Å². The van der Waals surface area contributed by atoms with Gasteiger partial charge < -0.3 is 4.74 Å². The molecule has 16 heavy (non-hydrogen) atoms. The molecule has 0 aromatic rings. The molecule has 0 N–H and O–H groups in total. The summed E-state index contributed by atoms with van der Waals surface area (Å²) in [6, 6.07) is 0. The van der Waals surface area contributed by atoms with Crippen LogP contribution in [0.1, 0.15) is 52.4 Å². The Balaban J connectivity index is 2.76. The van der Waals surface area contributed by atoms with Gasteiger partial charge in [-0.2, -0.15) is 0 Å². The number of rotatable bonds is 4. The van der Waals surface area contributed by atoms with Crippen LogP contribution in [-0.2, 0) is 4.74 Å². The van der Waals surface area contributed by atoms with Crippen molar-refractivity contribution in [2.45, 2.75) is 52.4 Å². The first-order valence-electron chi connectivity index (χ1n) is 6.26. The van der Waals surface area contributed by atoms with Gasteiger partial charge in [0, 0.05) is 0 Å². The number of hydrogen-bond acceptors (Lipinski definition) is 2. The molecule has 0 aromatic carbocycles. The first-order chi connectivity index (χ1) is 7.70. The Morgan fingerprint density at radius 2 is 1.88 bits per heavy atom. The van der Waals surface area contributed by atoms with Gasteiger partial charge in [-0.25, -0.2) is 0 Å². The monoisotopic (exact) mass is 304 g/mol. The van der Waals surface area contributed by atoms with Gasteiger partial charge in [0.05, 0.1) is 11.1 Å². The predicted octanol–water partition coefficient (Wildman–Crippen LogP) is 4.99. The third-order valence-corrected chi connectivity index (χ3v) is 4.67. The van der Waals surface area contributed by atoms with Crippen LogP contribution in [-0.4, -0.2) is 11.7 Å². The predicted molar refractivity (Wildman–Crippen MR) is 77.0 cm³/mol.